The van der Waals surface area contributed by atoms with Gasteiger partial charge in [0.15, 0.2) is 6.29 Å². The van der Waals surface area contributed by atoms with Gasteiger partial charge in [0.25, 0.3) is 0 Å². The quantitative estimate of drug-likeness (QED) is 0.421. The highest BCUT2D eigenvalue weighted by Crippen LogP contribution is 2.46. The third-order valence-corrected chi connectivity index (χ3v) is 3.71. The molecule has 0 aromatic rings. The average molecular weight is 242 g/mol. The van der Waals surface area contributed by atoms with E-state index < -0.39 is 5.41 Å². The van der Waals surface area contributed by atoms with Crippen LogP contribution in [-0.2, 0) is 19.0 Å². The molecule has 4 heteroatoms. The van der Waals surface area contributed by atoms with Crippen LogP contribution in [0, 0.1) is 11.3 Å². The molecular formula is C13H22O4. The van der Waals surface area contributed by atoms with Crippen molar-refractivity contribution in [2.75, 3.05) is 20.8 Å². The van der Waals surface area contributed by atoms with E-state index in [4.69, 9.17) is 14.2 Å². The lowest BCUT2D eigenvalue weighted by atomic mass is 9.79. The van der Waals surface area contributed by atoms with Crippen molar-refractivity contribution in [2.45, 2.75) is 33.0 Å². The van der Waals surface area contributed by atoms with Gasteiger partial charge in [-0.2, -0.15) is 0 Å². The van der Waals surface area contributed by atoms with Crippen molar-refractivity contribution < 1.29 is 19.0 Å². The first-order chi connectivity index (χ1) is 7.95. The van der Waals surface area contributed by atoms with Crippen molar-refractivity contribution in [3.63, 3.8) is 0 Å². The summed E-state index contributed by atoms with van der Waals surface area (Å²) in [5, 5.41) is 0. The molecule has 3 atom stereocenters. The van der Waals surface area contributed by atoms with E-state index >= 15 is 0 Å². The number of hydrogen-bond acceptors (Lipinski definition) is 4. The van der Waals surface area contributed by atoms with Crippen LogP contribution in [0.1, 0.15) is 26.7 Å². The van der Waals surface area contributed by atoms with Gasteiger partial charge < -0.3 is 14.2 Å². The van der Waals surface area contributed by atoms with E-state index in [1.807, 2.05) is 13.8 Å². The topological polar surface area (TPSA) is 44.8 Å². The first-order valence-corrected chi connectivity index (χ1v) is 5.86. The maximum Gasteiger partial charge on any atom is 0.312 e. The minimum atomic E-state index is -0.515. The maximum absolute atomic E-state index is 11.9. The summed E-state index contributed by atoms with van der Waals surface area (Å²) >= 11 is 0. The van der Waals surface area contributed by atoms with Crippen LogP contribution in [0.3, 0.4) is 0 Å². The van der Waals surface area contributed by atoms with Crippen LogP contribution in [-0.4, -0.2) is 33.1 Å². The van der Waals surface area contributed by atoms with Gasteiger partial charge in [-0.3, -0.25) is 4.79 Å². The molecule has 1 aliphatic carbocycles. The summed E-state index contributed by atoms with van der Waals surface area (Å²) in [7, 11) is 3.01. The van der Waals surface area contributed by atoms with Crippen molar-refractivity contribution in [1.82, 2.24) is 0 Å². The van der Waals surface area contributed by atoms with E-state index in [2.05, 4.69) is 6.58 Å². The summed E-state index contributed by atoms with van der Waals surface area (Å²) in [5.41, 5.74) is 0.542. The molecule has 0 aromatic heterocycles. The lowest BCUT2D eigenvalue weighted by Gasteiger charge is -2.29. The normalized spacial score (nSPS) is 30.4. The summed E-state index contributed by atoms with van der Waals surface area (Å²) < 4.78 is 15.5. The smallest absolute Gasteiger partial charge is 0.312 e. The van der Waals surface area contributed by atoms with Crippen LogP contribution in [0.4, 0.5) is 0 Å². The standard InChI is InChI=1S/C13H22O4/c1-9-6-7-13(3,12(14)16-5)11(9)8-17-10(2)15-4/h10-11H,1,6-8H2,2-5H3. The Morgan fingerprint density at radius 2 is 2.24 bits per heavy atom. The molecule has 0 heterocycles. The highest BCUT2D eigenvalue weighted by Gasteiger charge is 2.48. The average Bonchev–Trinajstić information content (AvgIpc) is 2.62. The van der Waals surface area contributed by atoms with Crippen molar-refractivity contribution in [2.24, 2.45) is 11.3 Å². The molecule has 1 saturated carbocycles. The first-order valence-electron chi connectivity index (χ1n) is 5.86. The molecule has 3 unspecified atom stereocenters. The predicted molar refractivity (Wildman–Crippen MR) is 64.4 cm³/mol. The Labute approximate surface area is 103 Å². The second-order valence-corrected chi connectivity index (χ2v) is 4.76. The molecule has 17 heavy (non-hydrogen) atoms. The third-order valence-electron chi connectivity index (χ3n) is 3.71. The Bertz CT molecular complexity index is 300. The van der Waals surface area contributed by atoms with Crippen LogP contribution in [0.15, 0.2) is 12.2 Å². The van der Waals surface area contributed by atoms with Gasteiger partial charge in [-0.25, -0.2) is 0 Å². The monoisotopic (exact) mass is 242 g/mol. The summed E-state index contributed by atoms with van der Waals surface area (Å²) in [6.07, 6.45) is 1.35. The Morgan fingerprint density at radius 1 is 1.59 bits per heavy atom. The number of rotatable bonds is 5. The van der Waals surface area contributed by atoms with E-state index in [-0.39, 0.29) is 18.2 Å². The molecular weight excluding hydrogens is 220 g/mol. The molecule has 1 aliphatic rings. The van der Waals surface area contributed by atoms with Crippen LogP contribution in [0.25, 0.3) is 0 Å². The number of carbonyl (C=O) groups is 1. The van der Waals surface area contributed by atoms with Gasteiger partial charge in [0.05, 0.1) is 19.1 Å². The van der Waals surface area contributed by atoms with Gasteiger partial charge in [-0.15, -0.1) is 0 Å². The Morgan fingerprint density at radius 3 is 2.76 bits per heavy atom. The predicted octanol–water partition coefficient (Wildman–Crippen LogP) is 2.14. The Kier molecular flexibility index (Phi) is 4.71. The van der Waals surface area contributed by atoms with Gasteiger partial charge in [0.1, 0.15) is 0 Å². The second kappa shape index (κ2) is 5.65. The molecule has 0 bridgehead atoms. The Hall–Kier alpha value is -0.870. The fourth-order valence-electron chi connectivity index (χ4n) is 2.30. The summed E-state index contributed by atoms with van der Waals surface area (Å²) in [6, 6.07) is 0. The number of carbonyl (C=O) groups excluding carboxylic acids is 1. The third kappa shape index (κ3) is 2.87. The summed E-state index contributed by atoms with van der Waals surface area (Å²) in [4.78, 5) is 11.9. The molecule has 4 nitrogen and oxygen atoms in total. The lowest BCUT2D eigenvalue weighted by Crippen LogP contribution is -2.36. The largest absolute Gasteiger partial charge is 0.469 e. The van der Waals surface area contributed by atoms with E-state index in [0.717, 1.165) is 18.4 Å². The summed E-state index contributed by atoms with van der Waals surface area (Å²) in [6.45, 7) is 8.21. The zero-order valence-corrected chi connectivity index (χ0v) is 11.1. The number of esters is 1. The Balaban J connectivity index is 2.71. The fraction of sp³-hybridized carbons (Fsp3) is 0.769. The molecule has 0 radical (unpaired) electrons. The van der Waals surface area contributed by atoms with Gasteiger partial charge in [0.2, 0.25) is 0 Å². The number of methoxy groups -OCH3 is 2. The number of hydrogen-bond donors (Lipinski definition) is 0. The van der Waals surface area contributed by atoms with Crippen LogP contribution >= 0.6 is 0 Å². The molecule has 1 fully saturated rings. The minimum Gasteiger partial charge on any atom is -0.469 e. The van der Waals surface area contributed by atoms with E-state index in [0.29, 0.717) is 6.61 Å². The van der Waals surface area contributed by atoms with Crippen molar-refractivity contribution in [3.05, 3.63) is 12.2 Å². The van der Waals surface area contributed by atoms with Crippen molar-refractivity contribution in [3.8, 4) is 0 Å². The molecule has 0 N–H and O–H groups in total. The molecule has 0 spiro atoms. The molecule has 1 rings (SSSR count). The highest BCUT2D eigenvalue weighted by atomic mass is 16.7. The first kappa shape index (κ1) is 14.2. The zero-order valence-electron chi connectivity index (χ0n) is 11.1. The zero-order chi connectivity index (χ0) is 13.1. The summed E-state index contributed by atoms with van der Waals surface area (Å²) in [5.74, 6) is -0.178. The molecule has 0 saturated heterocycles. The van der Waals surface area contributed by atoms with Crippen molar-refractivity contribution >= 4 is 5.97 Å². The van der Waals surface area contributed by atoms with Crippen LogP contribution < -0.4 is 0 Å². The highest BCUT2D eigenvalue weighted by molar-refractivity contribution is 5.78. The van der Waals surface area contributed by atoms with Gasteiger partial charge in [-0.05, 0) is 26.7 Å². The lowest BCUT2D eigenvalue weighted by molar-refractivity contribution is -0.159. The van der Waals surface area contributed by atoms with Crippen LogP contribution in [0.2, 0.25) is 0 Å². The van der Waals surface area contributed by atoms with E-state index in [1.165, 1.54) is 7.11 Å². The SMILES string of the molecule is C=C1CCC(C)(C(=O)OC)C1COC(C)OC. The number of ether oxygens (including phenoxy) is 3. The second-order valence-electron chi connectivity index (χ2n) is 4.76. The van der Waals surface area contributed by atoms with Crippen LogP contribution in [0.5, 0.6) is 0 Å². The maximum atomic E-state index is 11.9. The van der Waals surface area contributed by atoms with Crippen molar-refractivity contribution in [1.29, 1.82) is 0 Å². The molecule has 0 aliphatic heterocycles. The van der Waals surface area contributed by atoms with Gasteiger partial charge in [0, 0.05) is 13.0 Å². The van der Waals surface area contributed by atoms with Gasteiger partial charge in [-0.1, -0.05) is 12.2 Å². The fourth-order valence-corrected chi connectivity index (χ4v) is 2.30. The van der Waals surface area contributed by atoms with E-state index in [1.54, 1.807) is 7.11 Å². The molecule has 0 aromatic carbocycles. The minimum absolute atomic E-state index is 0.00699. The van der Waals surface area contributed by atoms with Gasteiger partial charge >= 0.3 is 5.97 Å². The molecule has 0 amide bonds. The molecule has 98 valence electrons. The van der Waals surface area contributed by atoms with E-state index in [9.17, 15) is 4.79 Å².